The molecule has 0 radical (unpaired) electrons. The first kappa shape index (κ1) is 30.6. The maximum atomic E-state index is 14.3. The standard InChI is InChI=1S/C36H39N5O3/c1-24-38-34(44-40-24)32(23-26-16-18-28-11-6-8-13-30(28)21-26)41(4)35(43)31(39-33(42)14-9-19-36(2,3)37)22-25-15-17-27-10-5-7-12-29(27)20-25/h5-18,20-21,31-32H,19,22-23,37H2,1-4H3,(H,39,42)/t31?,32-/m1/s1. The number of nitrogens with two attached hydrogens (primary N) is 1. The number of aryl methyl sites for hydroxylation is 1. The topological polar surface area (TPSA) is 114 Å². The van der Waals surface area contributed by atoms with E-state index in [0.717, 1.165) is 32.7 Å². The number of rotatable bonds is 11. The summed E-state index contributed by atoms with van der Waals surface area (Å²) >= 11 is 0. The van der Waals surface area contributed by atoms with E-state index in [9.17, 15) is 9.59 Å². The normalized spacial score (nSPS) is 13.3. The highest BCUT2D eigenvalue weighted by atomic mass is 16.5. The number of aromatic nitrogens is 2. The quantitative estimate of drug-likeness (QED) is 0.187. The molecule has 5 aromatic rings. The van der Waals surface area contributed by atoms with Gasteiger partial charge in [-0.05, 0) is 65.9 Å². The van der Waals surface area contributed by atoms with Crippen LogP contribution in [0.1, 0.15) is 49.2 Å². The van der Waals surface area contributed by atoms with Gasteiger partial charge in [0, 0.05) is 25.4 Å². The van der Waals surface area contributed by atoms with Crippen LogP contribution in [0.25, 0.3) is 21.5 Å². The first-order valence-corrected chi connectivity index (χ1v) is 14.8. The predicted octanol–water partition coefficient (Wildman–Crippen LogP) is 5.84. The fourth-order valence-electron chi connectivity index (χ4n) is 5.32. The second kappa shape index (κ2) is 13.2. The molecule has 1 heterocycles. The van der Waals surface area contributed by atoms with Gasteiger partial charge in [0.1, 0.15) is 12.1 Å². The highest BCUT2D eigenvalue weighted by Gasteiger charge is 2.32. The van der Waals surface area contributed by atoms with Crippen molar-refractivity contribution < 1.29 is 14.1 Å². The molecule has 0 fully saturated rings. The number of carbonyl (C=O) groups is 2. The summed E-state index contributed by atoms with van der Waals surface area (Å²) in [4.78, 5) is 33.5. The first-order valence-electron chi connectivity index (χ1n) is 14.8. The van der Waals surface area contributed by atoms with Gasteiger partial charge >= 0.3 is 0 Å². The number of benzene rings is 4. The van der Waals surface area contributed by atoms with Crippen molar-refractivity contribution in [3.63, 3.8) is 0 Å². The van der Waals surface area contributed by atoms with Gasteiger partial charge in [0.05, 0.1) is 0 Å². The predicted molar refractivity (Wildman–Crippen MR) is 174 cm³/mol. The lowest BCUT2D eigenvalue weighted by molar-refractivity contribution is -0.137. The highest BCUT2D eigenvalue weighted by molar-refractivity contribution is 5.93. The van der Waals surface area contributed by atoms with Crippen LogP contribution in [0, 0.1) is 6.92 Å². The number of nitrogens with zero attached hydrogens (tertiary/aromatic N) is 3. The Bertz CT molecular complexity index is 1800. The Morgan fingerprint density at radius 3 is 2.02 bits per heavy atom. The molecular weight excluding hydrogens is 550 g/mol. The molecule has 4 aromatic carbocycles. The van der Waals surface area contributed by atoms with Crippen molar-refractivity contribution in [1.29, 1.82) is 0 Å². The number of nitrogens with one attached hydrogen (secondary N) is 1. The number of hydrogen-bond acceptors (Lipinski definition) is 6. The first-order chi connectivity index (χ1) is 21.1. The number of carbonyl (C=O) groups excluding carboxylic acids is 2. The number of hydrogen-bond donors (Lipinski definition) is 2. The minimum Gasteiger partial charge on any atom is -0.340 e. The summed E-state index contributed by atoms with van der Waals surface area (Å²) in [6.45, 7) is 5.54. The molecular formula is C36H39N5O3. The molecule has 0 aliphatic carbocycles. The zero-order valence-electron chi connectivity index (χ0n) is 25.7. The minimum absolute atomic E-state index is 0.263. The minimum atomic E-state index is -0.840. The summed E-state index contributed by atoms with van der Waals surface area (Å²) in [7, 11) is 1.72. The second-order valence-corrected chi connectivity index (χ2v) is 12.1. The van der Waals surface area contributed by atoms with Crippen LogP contribution in [0.15, 0.2) is 102 Å². The van der Waals surface area contributed by atoms with Crippen LogP contribution >= 0.6 is 0 Å². The Kier molecular flexibility index (Phi) is 9.20. The van der Waals surface area contributed by atoms with Gasteiger partial charge in [-0.2, -0.15) is 4.98 Å². The molecule has 8 nitrogen and oxygen atoms in total. The monoisotopic (exact) mass is 589 g/mol. The molecule has 0 spiro atoms. The van der Waals surface area contributed by atoms with Crippen molar-refractivity contribution in [3.8, 4) is 0 Å². The van der Waals surface area contributed by atoms with Gasteiger partial charge in [0.15, 0.2) is 5.82 Å². The molecule has 0 saturated carbocycles. The summed E-state index contributed by atoms with van der Waals surface area (Å²) < 4.78 is 5.60. The Hall–Kier alpha value is -4.82. The third kappa shape index (κ3) is 7.76. The molecule has 0 aliphatic rings. The van der Waals surface area contributed by atoms with Crippen molar-refractivity contribution in [2.75, 3.05) is 7.05 Å². The highest BCUT2D eigenvalue weighted by Crippen LogP contribution is 2.27. The Balaban J connectivity index is 1.44. The van der Waals surface area contributed by atoms with E-state index in [-0.39, 0.29) is 11.8 Å². The van der Waals surface area contributed by atoms with Gasteiger partial charge in [-0.3, -0.25) is 9.59 Å². The molecule has 1 unspecified atom stereocenters. The molecule has 2 atom stereocenters. The van der Waals surface area contributed by atoms with Gasteiger partial charge in [0.2, 0.25) is 17.7 Å². The number of fused-ring (bicyclic) bond motifs is 2. The fourth-order valence-corrected chi connectivity index (χ4v) is 5.32. The fraction of sp³-hybridized carbons (Fsp3) is 0.278. The third-order valence-corrected chi connectivity index (χ3v) is 7.67. The summed E-state index contributed by atoms with van der Waals surface area (Å²) in [5.41, 5.74) is 7.58. The molecule has 8 heteroatoms. The largest absolute Gasteiger partial charge is 0.340 e. The maximum Gasteiger partial charge on any atom is 0.249 e. The van der Waals surface area contributed by atoms with E-state index in [1.807, 2.05) is 62.4 Å². The van der Waals surface area contributed by atoms with E-state index in [1.165, 1.54) is 6.08 Å². The smallest absolute Gasteiger partial charge is 0.249 e. The average molecular weight is 590 g/mol. The van der Waals surface area contributed by atoms with E-state index in [1.54, 1.807) is 24.9 Å². The van der Waals surface area contributed by atoms with E-state index >= 15 is 0 Å². The molecule has 226 valence electrons. The molecule has 2 amide bonds. The molecule has 0 bridgehead atoms. The lowest BCUT2D eigenvalue weighted by Crippen LogP contribution is -2.49. The lowest BCUT2D eigenvalue weighted by atomic mass is 9.98. The average Bonchev–Trinajstić information content (AvgIpc) is 3.43. The Morgan fingerprint density at radius 2 is 1.48 bits per heavy atom. The summed E-state index contributed by atoms with van der Waals surface area (Å²) in [5, 5.41) is 11.4. The van der Waals surface area contributed by atoms with Crippen molar-refractivity contribution >= 4 is 33.4 Å². The summed E-state index contributed by atoms with van der Waals surface area (Å²) in [6, 6.07) is 27.1. The molecule has 0 saturated heterocycles. The molecule has 3 N–H and O–H groups in total. The zero-order chi connectivity index (χ0) is 31.3. The van der Waals surface area contributed by atoms with Crippen molar-refractivity contribution in [1.82, 2.24) is 20.4 Å². The van der Waals surface area contributed by atoms with Crippen LogP contribution in [0.5, 0.6) is 0 Å². The lowest BCUT2D eigenvalue weighted by Gasteiger charge is -2.30. The van der Waals surface area contributed by atoms with Crippen LogP contribution < -0.4 is 11.1 Å². The van der Waals surface area contributed by atoms with Crippen LogP contribution in [0.4, 0.5) is 0 Å². The third-order valence-electron chi connectivity index (χ3n) is 7.67. The van der Waals surface area contributed by atoms with Gasteiger partial charge in [-0.1, -0.05) is 96.2 Å². The zero-order valence-corrected chi connectivity index (χ0v) is 25.7. The number of amides is 2. The number of likely N-dealkylation sites (N-methyl/N-ethyl adjacent to an activating group) is 1. The van der Waals surface area contributed by atoms with Crippen molar-refractivity contribution in [2.45, 2.75) is 57.7 Å². The molecule has 5 rings (SSSR count). The van der Waals surface area contributed by atoms with Crippen LogP contribution in [0.3, 0.4) is 0 Å². The van der Waals surface area contributed by atoms with Gasteiger partial charge in [0.25, 0.3) is 0 Å². The molecule has 0 aliphatic heterocycles. The van der Waals surface area contributed by atoms with E-state index in [0.29, 0.717) is 31.0 Å². The molecule has 44 heavy (non-hydrogen) atoms. The summed E-state index contributed by atoms with van der Waals surface area (Å²) in [6.07, 6.45) is 4.47. The van der Waals surface area contributed by atoms with Crippen molar-refractivity contribution in [3.05, 3.63) is 120 Å². The maximum absolute atomic E-state index is 14.3. The van der Waals surface area contributed by atoms with E-state index in [2.05, 4.69) is 51.9 Å². The van der Waals surface area contributed by atoms with Crippen LogP contribution in [-0.4, -0.2) is 45.5 Å². The molecule has 1 aromatic heterocycles. The van der Waals surface area contributed by atoms with Crippen molar-refractivity contribution in [2.24, 2.45) is 5.73 Å². The SMILES string of the molecule is Cc1noc([C@@H](Cc2ccc3ccccc3c2)N(C)C(=O)C(Cc2ccc3ccccc3c2)NC(=O)C=CCC(C)(C)N)n1. The Morgan fingerprint density at radius 1 is 0.909 bits per heavy atom. The van der Waals surface area contributed by atoms with Gasteiger partial charge in [-0.15, -0.1) is 0 Å². The summed E-state index contributed by atoms with van der Waals surface area (Å²) in [5.74, 6) is 0.202. The van der Waals surface area contributed by atoms with Crippen LogP contribution in [-0.2, 0) is 22.4 Å². The van der Waals surface area contributed by atoms with E-state index < -0.39 is 17.6 Å². The van der Waals surface area contributed by atoms with Crippen LogP contribution in [0.2, 0.25) is 0 Å². The second-order valence-electron chi connectivity index (χ2n) is 12.1. The Labute approximate surface area is 257 Å². The van der Waals surface area contributed by atoms with Gasteiger partial charge in [-0.25, -0.2) is 0 Å². The van der Waals surface area contributed by atoms with Gasteiger partial charge < -0.3 is 20.5 Å². The van der Waals surface area contributed by atoms with E-state index in [4.69, 9.17) is 10.3 Å².